The molecule has 1 aliphatic carbocycles. The number of rotatable bonds is 3. The Morgan fingerprint density at radius 2 is 2.31 bits per heavy atom. The van der Waals surface area contributed by atoms with Gasteiger partial charge < -0.3 is 10.4 Å². The molecule has 86 valence electrons. The first-order valence-electron chi connectivity index (χ1n) is 5.26. The molecule has 5 heteroatoms. The molecule has 1 aromatic rings. The molecule has 1 fully saturated rings. The van der Waals surface area contributed by atoms with Crippen molar-refractivity contribution >= 4 is 11.6 Å². The Kier molecular flexibility index (Phi) is 3.14. The molecule has 0 aromatic carbocycles. The molecule has 1 aromatic heterocycles. The Morgan fingerprint density at radius 1 is 1.56 bits per heavy atom. The first-order valence-corrected chi connectivity index (χ1v) is 5.26. The van der Waals surface area contributed by atoms with Gasteiger partial charge in [-0.2, -0.15) is 0 Å². The number of nitrogens with one attached hydrogen (secondary N) is 1. The van der Waals surface area contributed by atoms with Crippen LogP contribution in [-0.2, 0) is 4.79 Å². The third-order valence-corrected chi connectivity index (χ3v) is 2.84. The number of aromatic nitrogens is 1. The standard InChI is InChI=1S/C11H13FN2O2/c12-8-4-9(6-13-5-8)14-11(16)10(15)7-2-1-3-7/h4-7,10,15H,1-3H2,(H,14,16)/t10-/m0/s1. The largest absolute Gasteiger partial charge is 0.383 e. The highest BCUT2D eigenvalue weighted by molar-refractivity contribution is 5.94. The van der Waals surface area contributed by atoms with Crippen LogP contribution in [0.5, 0.6) is 0 Å². The summed E-state index contributed by atoms with van der Waals surface area (Å²) in [7, 11) is 0. The maximum atomic E-state index is 12.8. The third-order valence-electron chi connectivity index (χ3n) is 2.84. The van der Waals surface area contributed by atoms with Gasteiger partial charge in [0, 0.05) is 6.07 Å². The minimum atomic E-state index is -1.00. The monoisotopic (exact) mass is 224 g/mol. The van der Waals surface area contributed by atoms with Gasteiger partial charge in [-0.1, -0.05) is 6.42 Å². The number of pyridine rings is 1. The summed E-state index contributed by atoms with van der Waals surface area (Å²) in [5.74, 6) is -0.963. The predicted molar refractivity (Wildman–Crippen MR) is 56.2 cm³/mol. The van der Waals surface area contributed by atoms with E-state index in [2.05, 4.69) is 10.3 Å². The molecule has 1 aliphatic rings. The van der Waals surface area contributed by atoms with Crippen molar-refractivity contribution < 1.29 is 14.3 Å². The van der Waals surface area contributed by atoms with Crippen molar-refractivity contribution in [3.8, 4) is 0 Å². The van der Waals surface area contributed by atoms with Gasteiger partial charge in [0.15, 0.2) is 0 Å². The van der Waals surface area contributed by atoms with Gasteiger partial charge in [-0.25, -0.2) is 4.39 Å². The number of carbonyl (C=O) groups excluding carboxylic acids is 1. The molecule has 0 spiro atoms. The second kappa shape index (κ2) is 4.57. The van der Waals surface area contributed by atoms with Crippen LogP contribution in [0.3, 0.4) is 0 Å². The molecule has 0 unspecified atom stereocenters. The van der Waals surface area contributed by atoms with Gasteiger partial charge in [0.1, 0.15) is 11.9 Å². The average Bonchev–Trinajstić information content (AvgIpc) is 2.14. The Labute approximate surface area is 92.5 Å². The molecule has 16 heavy (non-hydrogen) atoms. The summed E-state index contributed by atoms with van der Waals surface area (Å²) in [6, 6.07) is 1.17. The molecule has 0 radical (unpaired) electrons. The van der Waals surface area contributed by atoms with Gasteiger partial charge in [-0.05, 0) is 18.8 Å². The molecule has 2 N–H and O–H groups in total. The smallest absolute Gasteiger partial charge is 0.253 e. The van der Waals surface area contributed by atoms with Crippen LogP contribution in [0.4, 0.5) is 10.1 Å². The van der Waals surface area contributed by atoms with E-state index in [0.717, 1.165) is 25.5 Å². The summed E-state index contributed by atoms with van der Waals surface area (Å²) < 4.78 is 12.8. The van der Waals surface area contributed by atoms with Gasteiger partial charge in [0.25, 0.3) is 5.91 Å². The highest BCUT2D eigenvalue weighted by Gasteiger charge is 2.30. The lowest BCUT2D eigenvalue weighted by molar-refractivity contribution is -0.128. The van der Waals surface area contributed by atoms with E-state index in [4.69, 9.17) is 0 Å². The van der Waals surface area contributed by atoms with Crippen molar-refractivity contribution in [3.63, 3.8) is 0 Å². The SMILES string of the molecule is O=C(Nc1cncc(F)c1)[C@@H](O)C1CCC1. The van der Waals surface area contributed by atoms with Crippen molar-refractivity contribution in [2.45, 2.75) is 25.4 Å². The molecule has 0 bridgehead atoms. The molecule has 1 saturated carbocycles. The van der Waals surface area contributed by atoms with Crippen LogP contribution in [0.2, 0.25) is 0 Å². The number of aliphatic hydroxyl groups excluding tert-OH is 1. The Morgan fingerprint density at radius 3 is 2.88 bits per heavy atom. The molecule has 1 heterocycles. The number of hydrogen-bond donors (Lipinski definition) is 2. The number of halogens is 1. The van der Waals surface area contributed by atoms with Gasteiger partial charge >= 0.3 is 0 Å². The van der Waals surface area contributed by atoms with E-state index in [1.165, 1.54) is 12.3 Å². The summed E-state index contributed by atoms with van der Waals surface area (Å²) >= 11 is 0. The predicted octanol–water partition coefficient (Wildman–Crippen LogP) is 1.32. The van der Waals surface area contributed by atoms with E-state index in [1.807, 2.05) is 0 Å². The fourth-order valence-electron chi connectivity index (χ4n) is 1.67. The molecule has 0 saturated heterocycles. The second-order valence-electron chi connectivity index (χ2n) is 4.02. The second-order valence-corrected chi connectivity index (χ2v) is 4.02. The molecule has 0 aliphatic heterocycles. The lowest BCUT2D eigenvalue weighted by atomic mass is 9.81. The summed E-state index contributed by atoms with van der Waals surface area (Å²) in [5.41, 5.74) is 0.267. The highest BCUT2D eigenvalue weighted by atomic mass is 19.1. The van der Waals surface area contributed by atoms with Crippen LogP contribution in [0, 0.1) is 11.7 Å². The van der Waals surface area contributed by atoms with Crippen molar-refractivity contribution in [1.29, 1.82) is 0 Å². The van der Waals surface area contributed by atoms with Crippen molar-refractivity contribution in [2.75, 3.05) is 5.32 Å². The topological polar surface area (TPSA) is 62.2 Å². The minimum absolute atomic E-state index is 0.0431. The first-order chi connectivity index (χ1) is 7.66. The zero-order valence-electron chi connectivity index (χ0n) is 8.69. The zero-order chi connectivity index (χ0) is 11.5. The van der Waals surface area contributed by atoms with E-state index in [0.29, 0.717) is 0 Å². The summed E-state index contributed by atoms with van der Waals surface area (Å²) in [5, 5.41) is 12.1. The van der Waals surface area contributed by atoms with E-state index >= 15 is 0 Å². The van der Waals surface area contributed by atoms with Crippen LogP contribution < -0.4 is 5.32 Å². The van der Waals surface area contributed by atoms with Crippen LogP contribution in [-0.4, -0.2) is 22.1 Å². The quantitative estimate of drug-likeness (QED) is 0.814. The van der Waals surface area contributed by atoms with Gasteiger partial charge in [0.2, 0.25) is 0 Å². The molecule has 2 rings (SSSR count). The Balaban J connectivity index is 1.96. The maximum absolute atomic E-state index is 12.8. The van der Waals surface area contributed by atoms with E-state index < -0.39 is 17.8 Å². The maximum Gasteiger partial charge on any atom is 0.253 e. The van der Waals surface area contributed by atoms with Crippen molar-refractivity contribution in [2.24, 2.45) is 5.92 Å². The fraction of sp³-hybridized carbons (Fsp3) is 0.455. The lowest BCUT2D eigenvalue weighted by Crippen LogP contribution is -2.37. The molecule has 1 atom stereocenters. The number of aliphatic hydroxyl groups is 1. The van der Waals surface area contributed by atoms with Crippen LogP contribution >= 0.6 is 0 Å². The molecular weight excluding hydrogens is 211 g/mol. The molecule has 4 nitrogen and oxygen atoms in total. The normalized spacial score (nSPS) is 17.6. The van der Waals surface area contributed by atoms with Crippen molar-refractivity contribution in [3.05, 3.63) is 24.3 Å². The number of anilines is 1. The first kappa shape index (κ1) is 11.0. The van der Waals surface area contributed by atoms with E-state index in [1.54, 1.807) is 0 Å². The number of hydrogen-bond acceptors (Lipinski definition) is 3. The summed E-state index contributed by atoms with van der Waals surface area (Å²) in [6.45, 7) is 0. The lowest BCUT2D eigenvalue weighted by Gasteiger charge is -2.29. The minimum Gasteiger partial charge on any atom is -0.383 e. The van der Waals surface area contributed by atoms with Gasteiger partial charge in [0.05, 0.1) is 18.1 Å². The Bertz CT molecular complexity index is 393. The number of nitrogens with zero attached hydrogens (tertiary/aromatic N) is 1. The zero-order valence-corrected chi connectivity index (χ0v) is 8.69. The van der Waals surface area contributed by atoms with Gasteiger partial charge in [-0.3, -0.25) is 9.78 Å². The summed E-state index contributed by atoms with van der Waals surface area (Å²) in [6.07, 6.45) is 4.19. The highest BCUT2D eigenvalue weighted by Crippen LogP contribution is 2.30. The van der Waals surface area contributed by atoms with Gasteiger partial charge in [-0.15, -0.1) is 0 Å². The summed E-state index contributed by atoms with van der Waals surface area (Å²) in [4.78, 5) is 15.2. The van der Waals surface area contributed by atoms with Crippen molar-refractivity contribution in [1.82, 2.24) is 4.98 Å². The molecular formula is C11H13FN2O2. The molecule has 1 amide bonds. The van der Waals surface area contributed by atoms with E-state index in [-0.39, 0.29) is 11.6 Å². The van der Waals surface area contributed by atoms with Crippen LogP contribution in [0.1, 0.15) is 19.3 Å². The fourth-order valence-corrected chi connectivity index (χ4v) is 1.67. The Hall–Kier alpha value is -1.49. The number of amides is 1. The van der Waals surface area contributed by atoms with Crippen LogP contribution in [0.25, 0.3) is 0 Å². The van der Waals surface area contributed by atoms with E-state index in [9.17, 15) is 14.3 Å². The third kappa shape index (κ3) is 2.36. The van der Waals surface area contributed by atoms with Crippen LogP contribution in [0.15, 0.2) is 18.5 Å². The number of carbonyl (C=O) groups is 1. The average molecular weight is 224 g/mol.